The van der Waals surface area contributed by atoms with E-state index in [-0.39, 0.29) is 17.7 Å². The maximum atomic E-state index is 12.1. The third kappa shape index (κ3) is 5.39. The molecule has 0 unspecified atom stereocenters. The number of carboxylic acid groups (broad SMARTS) is 1. The number of carbonyl (C=O) groups excluding carboxylic acids is 1. The highest BCUT2D eigenvalue weighted by Crippen LogP contribution is 2.26. The van der Waals surface area contributed by atoms with E-state index in [9.17, 15) is 14.7 Å². The lowest BCUT2D eigenvalue weighted by atomic mass is 9.87. The molecule has 2 rings (SSSR count). The number of amides is 1. The minimum atomic E-state index is -1.06. The average molecular weight is 322 g/mol. The highest BCUT2D eigenvalue weighted by atomic mass is 16.4. The van der Waals surface area contributed by atoms with Crippen LogP contribution in [0.5, 0.6) is 0 Å². The zero-order chi connectivity index (χ0) is 16.8. The number of aliphatic hydroxyl groups excluding tert-OH is 1. The molecule has 0 atom stereocenters. The first-order valence-electron chi connectivity index (χ1n) is 8.36. The quantitative estimate of drug-likeness (QED) is 0.777. The lowest BCUT2D eigenvalue weighted by Gasteiger charge is -2.21. The van der Waals surface area contributed by atoms with Gasteiger partial charge in [-0.3, -0.25) is 14.9 Å². The molecular weight excluding hydrogens is 296 g/mol. The summed E-state index contributed by atoms with van der Waals surface area (Å²) in [4.78, 5) is 23.2. The molecule has 0 radical (unpaired) electrons. The Morgan fingerprint density at radius 1 is 1.26 bits per heavy atom. The Labute approximate surface area is 136 Å². The first kappa shape index (κ1) is 17.5. The number of carbonyl (C=O) groups is 2. The third-order valence-electron chi connectivity index (χ3n) is 4.50. The standard InChI is InChI=1S/C17H26N2O4/c1-12-10-15(17(22)23)19(11-12)18-16(21)9-8-13-4-2-6-14(20)7-3-5-13/h10-11,13-14,20H,2-9H2,1H3,(H,18,21)(H,22,23). The van der Waals surface area contributed by atoms with Crippen molar-refractivity contribution in [2.24, 2.45) is 5.92 Å². The summed E-state index contributed by atoms with van der Waals surface area (Å²) in [7, 11) is 0. The number of nitrogens with one attached hydrogen (secondary N) is 1. The summed E-state index contributed by atoms with van der Waals surface area (Å²) in [6.07, 6.45) is 8.47. The summed E-state index contributed by atoms with van der Waals surface area (Å²) in [5, 5.41) is 18.8. The highest BCUT2D eigenvalue weighted by Gasteiger charge is 2.17. The molecule has 3 N–H and O–H groups in total. The molecule has 23 heavy (non-hydrogen) atoms. The fraction of sp³-hybridized carbons (Fsp3) is 0.647. The van der Waals surface area contributed by atoms with Crippen molar-refractivity contribution >= 4 is 11.9 Å². The molecule has 128 valence electrons. The van der Waals surface area contributed by atoms with Crippen LogP contribution < -0.4 is 5.43 Å². The molecule has 1 saturated carbocycles. The van der Waals surface area contributed by atoms with Gasteiger partial charge in [-0.1, -0.05) is 25.7 Å². The zero-order valence-corrected chi connectivity index (χ0v) is 13.6. The molecule has 0 aromatic carbocycles. The molecule has 1 aliphatic rings. The van der Waals surface area contributed by atoms with Crippen molar-refractivity contribution in [3.8, 4) is 0 Å². The monoisotopic (exact) mass is 322 g/mol. The van der Waals surface area contributed by atoms with Gasteiger partial charge in [0.05, 0.1) is 6.10 Å². The molecular formula is C17H26N2O4. The summed E-state index contributed by atoms with van der Waals surface area (Å²) < 4.78 is 1.29. The summed E-state index contributed by atoms with van der Waals surface area (Å²) in [6, 6.07) is 1.53. The van der Waals surface area contributed by atoms with Gasteiger partial charge in [-0.05, 0) is 43.7 Å². The minimum Gasteiger partial charge on any atom is -0.477 e. The van der Waals surface area contributed by atoms with E-state index < -0.39 is 5.97 Å². The van der Waals surface area contributed by atoms with Crippen molar-refractivity contribution in [1.82, 2.24) is 4.68 Å². The Bertz CT molecular complexity index is 543. The van der Waals surface area contributed by atoms with E-state index >= 15 is 0 Å². The first-order chi connectivity index (χ1) is 11.0. The van der Waals surface area contributed by atoms with Gasteiger partial charge in [0.2, 0.25) is 5.91 Å². The van der Waals surface area contributed by atoms with E-state index in [0.29, 0.717) is 12.3 Å². The Morgan fingerprint density at radius 2 is 1.91 bits per heavy atom. The van der Waals surface area contributed by atoms with Gasteiger partial charge in [0.25, 0.3) is 0 Å². The number of nitrogens with zero attached hydrogens (tertiary/aromatic N) is 1. The molecule has 0 spiro atoms. The van der Waals surface area contributed by atoms with Crippen molar-refractivity contribution in [2.75, 3.05) is 5.43 Å². The number of hydrogen-bond donors (Lipinski definition) is 3. The van der Waals surface area contributed by atoms with Gasteiger partial charge in [-0.15, -0.1) is 0 Å². The Hall–Kier alpha value is -1.82. The predicted octanol–water partition coefficient (Wildman–Crippen LogP) is 2.68. The van der Waals surface area contributed by atoms with Gasteiger partial charge in [-0.2, -0.15) is 0 Å². The number of aromatic nitrogens is 1. The van der Waals surface area contributed by atoms with Gasteiger partial charge in [-0.25, -0.2) is 4.79 Å². The van der Waals surface area contributed by atoms with Gasteiger partial charge < -0.3 is 10.2 Å². The molecule has 6 nitrogen and oxygen atoms in total. The molecule has 1 aromatic heterocycles. The molecule has 1 aliphatic carbocycles. The largest absolute Gasteiger partial charge is 0.477 e. The fourth-order valence-corrected chi connectivity index (χ4v) is 3.24. The molecule has 1 aromatic rings. The number of carboxylic acids is 1. The predicted molar refractivity (Wildman–Crippen MR) is 86.9 cm³/mol. The number of hydrogen-bond acceptors (Lipinski definition) is 3. The third-order valence-corrected chi connectivity index (χ3v) is 4.50. The Morgan fingerprint density at radius 3 is 2.52 bits per heavy atom. The van der Waals surface area contributed by atoms with Gasteiger partial charge in [0.1, 0.15) is 5.69 Å². The van der Waals surface area contributed by atoms with E-state index in [1.807, 2.05) is 0 Å². The normalized spacial score (nSPS) is 22.2. The lowest BCUT2D eigenvalue weighted by Crippen LogP contribution is -2.25. The molecule has 1 fully saturated rings. The average Bonchev–Trinajstić information content (AvgIpc) is 2.82. The number of rotatable bonds is 5. The summed E-state index contributed by atoms with van der Waals surface area (Å²) in [5.74, 6) is -0.708. The number of aliphatic hydroxyl groups is 1. The van der Waals surface area contributed by atoms with Gasteiger partial charge in [0, 0.05) is 12.6 Å². The van der Waals surface area contributed by atoms with Crippen molar-refractivity contribution in [2.45, 2.75) is 64.4 Å². The Balaban J connectivity index is 1.82. The molecule has 6 heteroatoms. The van der Waals surface area contributed by atoms with Crippen LogP contribution in [0.25, 0.3) is 0 Å². The second kappa shape index (κ2) is 8.15. The number of aromatic carboxylic acids is 1. The summed E-state index contributed by atoms with van der Waals surface area (Å²) in [6.45, 7) is 1.79. The van der Waals surface area contributed by atoms with Crippen LogP contribution in [-0.4, -0.2) is 32.9 Å². The maximum absolute atomic E-state index is 12.1. The van der Waals surface area contributed by atoms with Gasteiger partial charge in [0.15, 0.2) is 0 Å². The molecule has 0 saturated heterocycles. The van der Waals surface area contributed by atoms with Gasteiger partial charge >= 0.3 is 5.97 Å². The smallest absolute Gasteiger partial charge is 0.354 e. The van der Waals surface area contributed by atoms with Crippen LogP contribution in [0.4, 0.5) is 0 Å². The van der Waals surface area contributed by atoms with E-state index in [1.165, 1.54) is 10.7 Å². The van der Waals surface area contributed by atoms with Crippen LogP contribution in [0.1, 0.15) is 67.4 Å². The van der Waals surface area contributed by atoms with E-state index in [1.54, 1.807) is 13.1 Å². The highest BCUT2D eigenvalue weighted by molar-refractivity contribution is 5.89. The fourth-order valence-electron chi connectivity index (χ4n) is 3.24. The second-order valence-electron chi connectivity index (χ2n) is 6.53. The van der Waals surface area contributed by atoms with E-state index in [2.05, 4.69) is 5.43 Å². The van der Waals surface area contributed by atoms with Crippen LogP contribution >= 0.6 is 0 Å². The first-order valence-corrected chi connectivity index (χ1v) is 8.36. The van der Waals surface area contributed by atoms with Crippen molar-refractivity contribution < 1.29 is 19.8 Å². The summed E-state index contributed by atoms with van der Waals surface area (Å²) >= 11 is 0. The van der Waals surface area contributed by atoms with Crippen LogP contribution in [0.15, 0.2) is 12.3 Å². The topological polar surface area (TPSA) is 91.6 Å². The lowest BCUT2D eigenvalue weighted by molar-refractivity contribution is -0.117. The molecule has 1 amide bonds. The van der Waals surface area contributed by atoms with E-state index in [0.717, 1.165) is 50.5 Å². The van der Waals surface area contributed by atoms with Crippen LogP contribution in [0.2, 0.25) is 0 Å². The second-order valence-corrected chi connectivity index (χ2v) is 6.53. The van der Waals surface area contributed by atoms with Crippen LogP contribution in [0.3, 0.4) is 0 Å². The minimum absolute atomic E-state index is 0.0655. The van der Waals surface area contributed by atoms with Crippen molar-refractivity contribution in [3.05, 3.63) is 23.5 Å². The summed E-state index contributed by atoms with van der Waals surface area (Å²) in [5.41, 5.74) is 3.50. The van der Waals surface area contributed by atoms with Crippen LogP contribution in [-0.2, 0) is 4.79 Å². The molecule has 1 heterocycles. The van der Waals surface area contributed by atoms with Crippen molar-refractivity contribution in [1.29, 1.82) is 0 Å². The maximum Gasteiger partial charge on any atom is 0.354 e. The van der Waals surface area contributed by atoms with Crippen LogP contribution in [0, 0.1) is 12.8 Å². The van der Waals surface area contributed by atoms with Crippen molar-refractivity contribution in [3.63, 3.8) is 0 Å². The number of aryl methyl sites for hydroxylation is 1. The SMILES string of the molecule is Cc1cc(C(=O)O)n(NC(=O)CCC2CCCC(O)CCC2)c1. The Kier molecular flexibility index (Phi) is 6.21. The molecule has 0 bridgehead atoms. The van der Waals surface area contributed by atoms with E-state index in [4.69, 9.17) is 5.11 Å². The molecule has 0 aliphatic heterocycles. The zero-order valence-electron chi connectivity index (χ0n) is 13.6.